The predicted molar refractivity (Wildman–Crippen MR) is 71.5 cm³/mol. The maximum absolute atomic E-state index is 4.56. The summed E-state index contributed by atoms with van der Waals surface area (Å²) in [6.07, 6.45) is 1.71. The molecular weight excluding hydrogens is 232 g/mol. The van der Waals surface area contributed by atoms with Crippen molar-refractivity contribution in [2.24, 2.45) is 0 Å². The number of nitrogens with zero attached hydrogens (tertiary/aromatic N) is 2. The average Bonchev–Trinajstić information content (AvgIpc) is 2.93. The standard InChI is InChI=1S/C12H12N4S/c1-7-11(13-2)17-12(16-7)8-3-4-9-10(5-8)15-6-14-9/h3-6,13H,1-2H3,(H,14,15). The molecule has 17 heavy (non-hydrogen) atoms. The Balaban J connectivity index is 2.12. The second-order valence-electron chi connectivity index (χ2n) is 3.82. The van der Waals surface area contributed by atoms with Gasteiger partial charge in [-0.1, -0.05) is 11.3 Å². The minimum absolute atomic E-state index is 0.982. The van der Waals surface area contributed by atoms with E-state index in [1.807, 2.05) is 20.0 Å². The maximum Gasteiger partial charge on any atom is 0.125 e. The largest absolute Gasteiger partial charge is 0.378 e. The molecule has 0 fully saturated rings. The number of nitrogens with one attached hydrogen (secondary N) is 2. The number of aromatic nitrogens is 3. The van der Waals surface area contributed by atoms with Gasteiger partial charge in [-0.05, 0) is 25.1 Å². The fraction of sp³-hybridized carbons (Fsp3) is 0.167. The zero-order chi connectivity index (χ0) is 11.8. The molecule has 0 saturated carbocycles. The number of anilines is 1. The SMILES string of the molecule is CNc1sc(-c2ccc3nc[nH]c3c2)nc1C. The molecule has 2 N–H and O–H groups in total. The molecule has 0 atom stereocenters. The summed E-state index contributed by atoms with van der Waals surface area (Å²) >= 11 is 1.67. The van der Waals surface area contributed by atoms with Gasteiger partial charge in [-0.25, -0.2) is 9.97 Å². The van der Waals surface area contributed by atoms with Gasteiger partial charge in [-0.2, -0.15) is 0 Å². The molecule has 0 bridgehead atoms. The Morgan fingerprint density at radius 3 is 3.00 bits per heavy atom. The van der Waals surface area contributed by atoms with Gasteiger partial charge in [0.25, 0.3) is 0 Å². The van der Waals surface area contributed by atoms with Crippen molar-refractivity contribution in [3.8, 4) is 10.6 Å². The predicted octanol–water partition coefficient (Wildman–Crippen LogP) is 3.04. The van der Waals surface area contributed by atoms with Crippen LogP contribution in [0.15, 0.2) is 24.5 Å². The smallest absolute Gasteiger partial charge is 0.125 e. The Bertz CT molecular complexity index is 668. The molecule has 0 saturated heterocycles. The number of aryl methyl sites for hydroxylation is 1. The molecule has 2 aromatic heterocycles. The highest BCUT2D eigenvalue weighted by Gasteiger charge is 2.09. The van der Waals surface area contributed by atoms with Gasteiger partial charge in [0.05, 0.1) is 23.1 Å². The van der Waals surface area contributed by atoms with Gasteiger partial charge in [0.2, 0.25) is 0 Å². The average molecular weight is 244 g/mol. The fourth-order valence-corrected chi connectivity index (χ4v) is 2.74. The van der Waals surface area contributed by atoms with Crippen molar-refractivity contribution in [3.63, 3.8) is 0 Å². The van der Waals surface area contributed by atoms with E-state index in [2.05, 4.69) is 32.4 Å². The third-order valence-corrected chi connectivity index (χ3v) is 3.91. The number of fused-ring (bicyclic) bond motifs is 1. The number of rotatable bonds is 2. The number of thiazole rings is 1. The van der Waals surface area contributed by atoms with Gasteiger partial charge >= 0.3 is 0 Å². The first kappa shape index (κ1) is 10.3. The van der Waals surface area contributed by atoms with Crippen molar-refractivity contribution in [2.75, 3.05) is 12.4 Å². The lowest BCUT2D eigenvalue weighted by atomic mass is 10.2. The summed E-state index contributed by atoms with van der Waals surface area (Å²) in [6, 6.07) is 6.15. The Morgan fingerprint density at radius 2 is 2.24 bits per heavy atom. The topological polar surface area (TPSA) is 53.6 Å². The number of hydrogen-bond acceptors (Lipinski definition) is 4. The van der Waals surface area contributed by atoms with Crippen molar-refractivity contribution >= 4 is 27.4 Å². The van der Waals surface area contributed by atoms with E-state index in [0.717, 1.165) is 32.3 Å². The van der Waals surface area contributed by atoms with Crippen LogP contribution in [0.1, 0.15) is 5.69 Å². The highest BCUT2D eigenvalue weighted by molar-refractivity contribution is 7.19. The van der Waals surface area contributed by atoms with Crippen molar-refractivity contribution in [1.29, 1.82) is 0 Å². The van der Waals surface area contributed by atoms with Crippen LogP contribution in [0.5, 0.6) is 0 Å². The quantitative estimate of drug-likeness (QED) is 0.728. The molecule has 0 aliphatic carbocycles. The Morgan fingerprint density at radius 1 is 1.35 bits per heavy atom. The minimum atomic E-state index is 0.982. The zero-order valence-electron chi connectivity index (χ0n) is 9.61. The molecular formula is C12H12N4S. The summed E-state index contributed by atoms with van der Waals surface area (Å²) in [5.74, 6) is 0. The highest BCUT2D eigenvalue weighted by atomic mass is 32.1. The van der Waals surface area contributed by atoms with E-state index in [1.54, 1.807) is 17.7 Å². The van der Waals surface area contributed by atoms with Crippen molar-refractivity contribution in [2.45, 2.75) is 6.92 Å². The maximum atomic E-state index is 4.56. The van der Waals surface area contributed by atoms with E-state index in [0.29, 0.717) is 0 Å². The first-order chi connectivity index (χ1) is 8.28. The van der Waals surface area contributed by atoms with Crippen LogP contribution >= 0.6 is 11.3 Å². The normalized spacial score (nSPS) is 10.9. The van der Waals surface area contributed by atoms with Crippen LogP contribution in [-0.2, 0) is 0 Å². The van der Waals surface area contributed by atoms with E-state index in [9.17, 15) is 0 Å². The first-order valence-electron chi connectivity index (χ1n) is 5.36. The molecule has 5 heteroatoms. The first-order valence-corrected chi connectivity index (χ1v) is 6.18. The molecule has 1 aromatic carbocycles. The van der Waals surface area contributed by atoms with Crippen LogP contribution in [-0.4, -0.2) is 22.0 Å². The Labute approximate surface area is 103 Å². The molecule has 0 aliphatic heterocycles. The van der Waals surface area contributed by atoms with Crippen LogP contribution in [0.25, 0.3) is 21.6 Å². The lowest BCUT2D eigenvalue weighted by Crippen LogP contribution is -1.85. The molecule has 86 valence electrons. The molecule has 3 aromatic rings. The zero-order valence-corrected chi connectivity index (χ0v) is 10.4. The Kier molecular flexibility index (Phi) is 2.33. The summed E-state index contributed by atoms with van der Waals surface area (Å²) in [7, 11) is 1.92. The summed E-state index contributed by atoms with van der Waals surface area (Å²) in [5.41, 5.74) is 4.19. The van der Waals surface area contributed by atoms with Crippen LogP contribution < -0.4 is 5.32 Å². The van der Waals surface area contributed by atoms with Gasteiger partial charge in [0.15, 0.2) is 0 Å². The van der Waals surface area contributed by atoms with Crippen LogP contribution in [0, 0.1) is 6.92 Å². The van der Waals surface area contributed by atoms with Crippen LogP contribution in [0.4, 0.5) is 5.00 Å². The molecule has 0 aliphatic rings. The van der Waals surface area contributed by atoms with Gasteiger partial charge in [-0.15, -0.1) is 0 Å². The molecule has 0 radical (unpaired) electrons. The van der Waals surface area contributed by atoms with Gasteiger partial charge < -0.3 is 10.3 Å². The van der Waals surface area contributed by atoms with Gasteiger partial charge in [0.1, 0.15) is 10.0 Å². The van der Waals surface area contributed by atoms with Crippen LogP contribution in [0.3, 0.4) is 0 Å². The molecule has 3 rings (SSSR count). The van der Waals surface area contributed by atoms with Gasteiger partial charge in [-0.3, -0.25) is 0 Å². The van der Waals surface area contributed by atoms with Crippen molar-refractivity contribution in [1.82, 2.24) is 15.0 Å². The summed E-state index contributed by atoms with van der Waals surface area (Å²) in [5, 5.41) is 5.30. The second-order valence-corrected chi connectivity index (χ2v) is 4.82. The van der Waals surface area contributed by atoms with E-state index in [1.165, 1.54) is 0 Å². The third kappa shape index (κ3) is 1.68. The number of benzene rings is 1. The minimum Gasteiger partial charge on any atom is -0.378 e. The van der Waals surface area contributed by atoms with Crippen molar-refractivity contribution < 1.29 is 0 Å². The number of H-pyrrole nitrogens is 1. The number of aromatic amines is 1. The van der Waals surface area contributed by atoms with Gasteiger partial charge in [0, 0.05) is 12.6 Å². The lowest BCUT2D eigenvalue weighted by Gasteiger charge is -1.95. The molecule has 0 unspecified atom stereocenters. The summed E-state index contributed by atoms with van der Waals surface area (Å²) in [4.78, 5) is 11.9. The fourth-order valence-electron chi connectivity index (χ4n) is 1.82. The Hall–Kier alpha value is -1.88. The molecule has 0 amide bonds. The van der Waals surface area contributed by atoms with E-state index < -0.39 is 0 Å². The van der Waals surface area contributed by atoms with Crippen LogP contribution in [0.2, 0.25) is 0 Å². The highest BCUT2D eigenvalue weighted by Crippen LogP contribution is 2.32. The third-order valence-electron chi connectivity index (χ3n) is 2.69. The number of imidazole rings is 1. The van der Waals surface area contributed by atoms with E-state index in [-0.39, 0.29) is 0 Å². The van der Waals surface area contributed by atoms with Crippen molar-refractivity contribution in [3.05, 3.63) is 30.2 Å². The van der Waals surface area contributed by atoms with E-state index in [4.69, 9.17) is 0 Å². The lowest BCUT2D eigenvalue weighted by molar-refractivity contribution is 1.26. The monoisotopic (exact) mass is 244 g/mol. The molecule has 2 heterocycles. The molecule has 0 spiro atoms. The summed E-state index contributed by atoms with van der Waals surface area (Å²) in [6.45, 7) is 2.01. The summed E-state index contributed by atoms with van der Waals surface area (Å²) < 4.78 is 0. The second kappa shape index (κ2) is 3.85. The van der Waals surface area contributed by atoms with E-state index >= 15 is 0 Å². The number of hydrogen-bond donors (Lipinski definition) is 2. The molecule has 4 nitrogen and oxygen atoms in total.